The molecular weight excluding hydrogens is 218 g/mol. The van der Waals surface area contributed by atoms with Gasteiger partial charge in [-0.05, 0) is 19.8 Å². The first-order valence-electron chi connectivity index (χ1n) is 6.29. The predicted molar refractivity (Wildman–Crippen MR) is 66.1 cm³/mol. The molecule has 0 aliphatic heterocycles. The summed E-state index contributed by atoms with van der Waals surface area (Å²) in [5.41, 5.74) is 2.38. The molecule has 0 aromatic rings. The van der Waals surface area contributed by atoms with Crippen molar-refractivity contribution in [2.75, 3.05) is 13.2 Å². The molecule has 0 rings (SSSR count). The van der Waals surface area contributed by atoms with Gasteiger partial charge in [-0.1, -0.05) is 26.7 Å². The molecule has 0 saturated carbocycles. The Kier molecular flexibility index (Phi) is 9.17. The largest absolute Gasteiger partial charge is 0.342 e. The number of carbonyl (C=O) groups is 1. The fourth-order valence-corrected chi connectivity index (χ4v) is 1.46. The summed E-state index contributed by atoms with van der Waals surface area (Å²) in [5.74, 6) is 0. The second-order valence-corrected chi connectivity index (χ2v) is 3.83. The van der Waals surface area contributed by atoms with Crippen molar-refractivity contribution in [3.63, 3.8) is 0 Å². The topological polar surface area (TPSA) is 65.4 Å². The van der Waals surface area contributed by atoms with Gasteiger partial charge in [-0.25, -0.2) is 10.3 Å². The molecule has 0 radical (unpaired) electrons. The number of nitriles is 1. The van der Waals surface area contributed by atoms with E-state index in [9.17, 15) is 4.79 Å². The van der Waals surface area contributed by atoms with Gasteiger partial charge >= 0.3 is 6.03 Å². The average molecular weight is 241 g/mol. The van der Waals surface area contributed by atoms with Crippen LogP contribution in [0.15, 0.2) is 0 Å². The zero-order chi connectivity index (χ0) is 13.1. The van der Waals surface area contributed by atoms with Gasteiger partial charge in [0, 0.05) is 6.54 Å². The number of carbonyl (C=O) groups excluding carboxylic acids is 1. The van der Waals surface area contributed by atoms with Gasteiger partial charge in [0.15, 0.2) is 0 Å². The molecule has 5 nitrogen and oxygen atoms in total. The molecule has 0 heterocycles. The normalized spacial score (nSPS) is 11.6. The number of urea groups is 1. The van der Waals surface area contributed by atoms with Gasteiger partial charge in [0.2, 0.25) is 0 Å². The molecule has 98 valence electrons. The molecule has 0 spiro atoms. The van der Waals surface area contributed by atoms with E-state index in [2.05, 4.69) is 18.5 Å². The molecule has 1 N–H and O–H groups in total. The van der Waals surface area contributed by atoms with E-state index in [-0.39, 0.29) is 12.1 Å². The number of unbranched alkanes of at least 4 members (excludes halogenated alkanes) is 1. The van der Waals surface area contributed by atoms with Crippen molar-refractivity contribution in [2.24, 2.45) is 0 Å². The molecule has 0 aromatic heterocycles. The molecule has 0 saturated heterocycles. The molecule has 0 aromatic carbocycles. The van der Waals surface area contributed by atoms with E-state index in [4.69, 9.17) is 10.1 Å². The van der Waals surface area contributed by atoms with E-state index in [0.29, 0.717) is 19.6 Å². The Morgan fingerprint density at radius 3 is 2.59 bits per heavy atom. The van der Waals surface area contributed by atoms with Gasteiger partial charge in [-0.15, -0.1) is 0 Å². The average Bonchev–Trinajstić information content (AvgIpc) is 2.34. The van der Waals surface area contributed by atoms with Crippen LogP contribution in [-0.2, 0) is 4.84 Å². The summed E-state index contributed by atoms with van der Waals surface area (Å²) in [6.45, 7) is 6.90. The maximum atomic E-state index is 11.8. The van der Waals surface area contributed by atoms with Crippen molar-refractivity contribution in [1.29, 1.82) is 5.26 Å². The maximum Gasteiger partial charge on any atom is 0.342 e. The number of nitrogens with one attached hydrogen (secondary N) is 1. The molecule has 0 aliphatic rings. The second kappa shape index (κ2) is 9.91. The first kappa shape index (κ1) is 15.7. The van der Waals surface area contributed by atoms with Gasteiger partial charge in [0.1, 0.15) is 6.04 Å². The summed E-state index contributed by atoms with van der Waals surface area (Å²) in [6.07, 6.45) is 3.48. The first-order chi connectivity index (χ1) is 8.21. The Labute approximate surface area is 104 Å². The summed E-state index contributed by atoms with van der Waals surface area (Å²) >= 11 is 0. The molecule has 0 aliphatic carbocycles. The minimum absolute atomic E-state index is 0.330. The zero-order valence-corrected chi connectivity index (χ0v) is 11.0. The molecule has 17 heavy (non-hydrogen) atoms. The highest BCUT2D eigenvalue weighted by Gasteiger charge is 2.21. The van der Waals surface area contributed by atoms with Gasteiger partial charge in [-0.3, -0.25) is 4.84 Å². The molecular formula is C12H23N3O2. The van der Waals surface area contributed by atoms with E-state index in [1.807, 2.05) is 13.8 Å². The number of hydrogen-bond acceptors (Lipinski definition) is 3. The van der Waals surface area contributed by atoms with Gasteiger partial charge < -0.3 is 4.90 Å². The third-order valence-electron chi connectivity index (χ3n) is 2.45. The van der Waals surface area contributed by atoms with Crippen LogP contribution in [0.1, 0.15) is 46.5 Å². The van der Waals surface area contributed by atoms with Crippen molar-refractivity contribution in [3.8, 4) is 6.07 Å². The van der Waals surface area contributed by atoms with E-state index in [1.54, 1.807) is 0 Å². The highest BCUT2D eigenvalue weighted by atomic mass is 16.7. The quantitative estimate of drug-likeness (QED) is 0.524. The number of hydroxylamine groups is 1. The molecule has 1 atom stereocenters. The lowest BCUT2D eigenvalue weighted by atomic mass is 10.1. The van der Waals surface area contributed by atoms with Crippen LogP contribution >= 0.6 is 0 Å². The van der Waals surface area contributed by atoms with Crippen molar-refractivity contribution >= 4 is 6.03 Å². The molecule has 0 fully saturated rings. The van der Waals surface area contributed by atoms with Crippen LogP contribution in [-0.4, -0.2) is 30.1 Å². The van der Waals surface area contributed by atoms with E-state index in [1.165, 1.54) is 4.90 Å². The molecule has 5 heteroatoms. The van der Waals surface area contributed by atoms with Gasteiger partial charge in [-0.2, -0.15) is 5.26 Å². The first-order valence-corrected chi connectivity index (χ1v) is 6.29. The minimum atomic E-state index is -0.375. The van der Waals surface area contributed by atoms with Crippen molar-refractivity contribution < 1.29 is 9.63 Å². The van der Waals surface area contributed by atoms with Crippen molar-refractivity contribution in [2.45, 2.75) is 52.5 Å². The zero-order valence-electron chi connectivity index (χ0n) is 11.0. The van der Waals surface area contributed by atoms with Gasteiger partial charge in [0.05, 0.1) is 12.7 Å². The highest BCUT2D eigenvalue weighted by Crippen LogP contribution is 2.06. The maximum absolute atomic E-state index is 11.8. The van der Waals surface area contributed by atoms with Crippen LogP contribution < -0.4 is 5.48 Å². The molecule has 2 amide bonds. The van der Waals surface area contributed by atoms with Crippen molar-refractivity contribution in [1.82, 2.24) is 10.4 Å². The summed E-state index contributed by atoms with van der Waals surface area (Å²) in [7, 11) is 0. The van der Waals surface area contributed by atoms with E-state index < -0.39 is 0 Å². The number of hydrogen-bond donors (Lipinski definition) is 1. The Hall–Kier alpha value is -1.28. The SMILES string of the molecule is CCCCONC(=O)N(CC)C(C#N)CCC. The number of rotatable bonds is 8. The minimum Gasteiger partial charge on any atom is -0.307 e. The van der Waals surface area contributed by atoms with Crippen LogP contribution in [0.5, 0.6) is 0 Å². The van der Waals surface area contributed by atoms with Crippen molar-refractivity contribution in [3.05, 3.63) is 0 Å². The summed E-state index contributed by atoms with van der Waals surface area (Å²) in [5, 5.41) is 9.00. The molecule has 0 bridgehead atoms. The van der Waals surface area contributed by atoms with Crippen LogP contribution in [0.25, 0.3) is 0 Å². The fraction of sp³-hybridized carbons (Fsp3) is 0.833. The predicted octanol–water partition coefficient (Wildman–Crippen LogP) is 2.44. The van der Waals surface area contributed by atoms with E-state index in [0.717, 1.165) is 19.3 Å². The van der Waals surface area contributed by atoms with Crippen LogP contribution in [0.2, 0.25) is 0 Å². The second-order valence-electron chi connectivity index (χ2n) is 3.83. The monoisotopic (exact) mass is 241 g/mol. The lowest BCUT2D eigenvalue weighted by Gasteiger charge is -2.25. The Balaban J connectivity index is 4.15. The lowest BCUT2D eigenvalue weighted by molar-refractivity contribution is 0.0435. The number of nitrogens with zero attached hydrogens (tertiary/aromatic N) is 2. The number of amides is 2. The summed E-state index contributed by atoms with van der Waals surface area (Å²) in [6, 6.07) is 1.44. The smallest absolute Gasteiger partial charge is 0.307 e. The third kappa shape index (κ3) is 6.12. The third-order valence-corrected chi connectivity index (χ3v) is 2.45. The highest BCUT2D eigenvalue weighted by molar-refractivity contribution is 5.73. The Bertz CT molecular complexity index is 251. The van der Waals surface area contributed by atoms with Crippen LogP contribution in [0, 0.1) is 11.3 Å². The van der Waals surface area contributed by atoms with Gasteiger partial charge in [0.25, 0.3) is 0 Å². The standard InChI is InChI=1S/C12H23N3O2/c1-4-7-9-17-14-12(16)15(6-3)11(10-13)8-5-2/h11H,4-9H2,1-3H3,(H,14,16). The molecule has 1 unspecified atom stereocenters. The van der Waals surface area contributed by atoms with Crippen LogP contribution in [0.4, 0.5) is 4.79 Å². The summed E-state index contributed by atoms with van der Waals surface area (Å²) in [4.78, 5) is 18.3. The van der Waals surface area contributed by atoms with E-state index >= 15 is 0 Å². The Morgan fingerprint density at radius 1 is 1.41 bits per heavy atom. The Morgan fingerprint density at radius 2 is 2.12 bits per heavy atom. The fourth-order valence-electron chi connectivity index (χ4n) is 1.46. The summed E-state index contributed by atoms with van der Waals surface area (Å²) < 4.78 is 0. The lowest BCUT2D eigenvalue weighted by Crippen LogP contribution is -2.45. The van der Waals surface area contributed by atoms with Crippen LogP contribution in [0.3, 0.4) is 0 Å².